The fourth-order valence-corrected chi connectivity index (χ4v) is 3.90. The average Bonchev–Trinajstić information content (AvgIpc) is 2.56. The fraction of sp³-hybridized carbons (Fsp3) is 0.632. The van der Waals surface area contributed by atoms with E-state index in [2.05, 4.69) is 29.7 Å². The van der Waals surface area contributed by atoms with E-state index in [0.717, 1.165) is 50.8 Å². The second-order valence-electron chi connectivity index (χ2n) is 7.35. The Morgan fingerprint density at radius 2 is 2.30 bits per heavy atom. The molecule has 2 unspecified atom stereocenters. The summed E-state index contributed by atoms with van der Waals surface area (Å²) >= 11 is 0. The summed E-state index contributed by atoms with van der Waals surface area (Å²) in [4.78, 5) is 12.4. The first-order valence-electron chi connectivity index (χ1n) is 8.84. The summed E-state index contributed by atoms with van der Waals surface area (Å²) < 4.78 is 0. The van der Waals surface area contributed by atoms with Crippen molar-refractivity contribution in [1.29, 1.82) is 0 Å². The van der Waals surface area contributed by atoms with Gasteiger partial charge in [0.05, 0.1) is 12.5 Å². The highest BCUT2D eigenvalue weighted by atomic mass is 16.3. The highest BCUT2D eigenvalue weighted by molar-refractivity contribution is 5.79. The van der Waals surface area contributed by atoms with Crippen molar-refractivity contribution in [2.24, 2.45) is 5.41 Å². The van der Waals surface area contributed by atoms with Crippen LogP contribution in [0.2, 0.25) is 0 Å². The van der Waals surface area contributed by atoms with Crippen LogP contribution in [0.25, 0.3) is 0 Å². The summed E-state index contributed by atoms with van der Waals surface area (Å²) in [6, 6.07) is 6.25. The quantitative estimate of drug-likeness (QED) is 0.795. The molecule has 23 heavy (non-hydrogen) atoms. The highest BCUT2D eigenvalue weighted by Crippen LogP contribution is 2.35. The molecule has 4 nitrogen and oxygen atoms in total. The van der Waals surface area contributed by atoms with Crippen LogP contribution in [0.4, 0.5) is 0 Å². The number of benzene rings is 1. The number of fused-ring (bicyclic) bond motifs is 1. The minimum Gasteiger partial charge on any atom is -0.392 e. The average molecular weight is 316 g/mol. The summed E-state index contributed by atoms with van der Waals surface area (Å²) in [5, 5.41) is 16.7. The second-order valence-corrected chi connectivity index (χ2v) is 7.35. The van der Waals surface area contributed by atoms with Crippen molar-refractivity contribution < 1.29 is 9.90 Å². The van der Waals surface area contributed by atoms with Gasteiger partial charge in [0.25, 0.3) is 0 Å². The molecule has 126 valence electrons. The van der Waals surface area contributed by atoms with E-state index in [1.165, 1.54) is 11.1 Å². The van der Waals surface area contributed by atoms with E-state index in [0.29, 0.717) is 13.0 Å². The van der Waals surface area contributed by atoms with Crippen molar-refractivity contribution in [2.75, 3.05) is 13.1 Å². The van der Waals surface area contributed by atoms with Crippen LogP contribution in [0.5, 0.6) is 0 Å². The lowest BCUT2D eigenvalue weighted by Gasteiger charge is -2.38. The van der Waals surface area contributed by atoms with E-state index in [1.54, 1.807) is 0 Å². The minimum absolute atomic E-state index is 0.0657. The molecule has 1 heterocycles. The van der Waals surface area contributed by atoms with E-state index < -0.39 is 0 Å². The van der Waals surface area contributed by atoms with Crippen molar-refractivity contribution >= 4 is 5.91 Å². The molecule has 2 atom stereocenters. The third kappa shape index (κ3) is 3.75. The Morgan fingerprint density at radius 1 is 1.43 bits per heavy atom. The second kappa shape index (κ2) is 7.02. The maximum Gasteiger partial charge on any atom is 0.224 e. The number of hydrogen-bond donors (Lipinski definition) is 3. The summed E-state index contributed by atoms with van der Waals surface area (Å²) in [5.41, 5.74) is 3.63. The van der Waals surface area contributed by atoms with Gasteiger partial charge in [-0.2, -0.15) is 0 Å². The smallest absolute Gasteiger partial charge is 0.224 e. The molecular formula is C19H28N2O2. The molecule has 1 saturated carbocycles. The molecule has 0 aromatic heterocycles. The SMILES string of the molecule is CC1(CNC(=O)Cc2cccc3c2CCNC3)CCCCC1O. The van der Waals surface area contributed by atoms with Crippen molar-refractivity contribution in [3.8, 4) is 0 Å². The number of rotatable bonds is 4. The molecule has 1 aliphatic carbocycles. The van der Waals surface area contributed by atoms with Gasteiger partial charge >= 0.3 is 0 Å². The van der Waals surface area contributed by atoms with Crippen molar-refractivity contribution in [3.63, 3.8) is 0 Å². The van der Waals surface area contributed by atoms with Gasteiger partial charge in [0.15, 0.2) is 0 Å². The Kier molecular flexibility index (Phi) is 5.02. The van der Waals surface area contributed by atoms with Crippen molar-refractivity contribution in [2.45, 2.75) is 58.1 Å². The van der Waals surface area contributed by atoms with E-state index in [4.69, 9.17) is 0 Å². The Bertz CT molecular complexity index is 572. The third-order valence-corrected chi connectivity index (χ3v) is 5.56. The number of aliphatic hydroxyl groups excluding tert-OH is 1. The molecule has 2 aliphatic rings. The molecule has 1 fully saturated rings. The van der Waals surface area contributed by atoms with Crippen molar-refractivity contribution in [1.82, 2.24) is 10.6 Å². The summed E-state index contributed by atoms with van der Waals surface area (Å²) in [6.45, 7) is 4.54. The lowest BCUT2D eigenvalue weighted by molar-refractivity contribution is -0.121. The lowest BCUT2D eigenvalue weighted by atomic mass is 9.73. The van der Waals surface area contributed by atoms with Gasteiger partial charge < -0.3 is 15.7 Å². The number of amides is 1. The first-order chi connectivity index (χ1) is 11.1. The number of carbonyl (C=O) groups excluding carboxylic acids is 1. The third-order valence-electron chi connectivity index (χ3n) is 5.56. The summed E-state index contributed by atoms with van der Waals surface area (Å²) in [5.74, 6) is 0.0657. The molecule has 3 rings (SSSR count). The number of hydrogen-bond acceptors (Lipinski definition) is 3. The molecule has 1 aromatic carbocycles. The maximum atomic E-state index is 12.4. The first kappa shape index (κ1) is 16.5. The number of aliphatic hydroxyl groups is 1. The van der Waals surface area contributed by atoms with Gasteiger partial charge in [-0.25, -0.2) is 0 Å². The Hall–Kier alpha value is -1.39. The van der Waals surface area contributed by atoms with Gasteiger partial charge in [-0.1, -0.05) is 38.0 Å². The van der Waals surface area contributed by atoms with Crippen LogP contribution >= 0.6 is 0 Å². The van der Waals surface area contributed by atoms with Gasteiger partial charge in [-0.3, -0.25) is 4.79 Å². The number of nitrogens with one attached hydrogen (secondary N) is 2. The zero-order valence-corrected chi connectivity index (χ0v) is 14.0. The van der Waals surface area contributed by atoms with Crippen LogP contribution in [0.1, 0.15) is 49.3 Å². The molecule has 3 N–H and O–H groups in total. The van der Waals surface area contributed by atoms with E-state index in [1.807, 2.05) is 6.07 Å². The molecule has 1 aromatic rings. The highest BCUT2D eigenvalue weighted by Gasteiger charge is 2.35. The normalized spacial score (nSPS) is 27.3. The molecule has 0 radical (unpaired) electrons. The van der Waals surface area contributed by atoms with Crippen LogP contribution < -0.4 is 10.6 Å². The topological polar surface area (TPSA) is 61.4 Å². The first-order valence-corrected chi connectivity index (χ1v) is 8.84. The van der Waals surface area contributed by atoms with Gasteiger partial charge in [0, 0.05) is 18.5 Å². The van der Waals surface area contributed by atoms with Gasteiger partial charge in [0.2, 0.25) is 5.91 Å². The fourth-order valence-electron chi connectivity index (χ4n) is 3.90. The van der Waals surface area contributed by atoms with E-state index in [-0.39, 0.29) is 17.4 Å². The lowest BCUT2D eigenvalue weighted by Crippen LogP contribution is -2.45. The van der Waals surface area contributed by atoms with E-state index in [9.17, 15) is 9.90 Å². The van der Waals surface area contributed by atoms with Crippen LogP contribution in [0.15, 0.2) is 18.2 Å². The zero-order chi connectivity index (χ0) is 16.3. The van der Waals surface area contributed by atoms with Crippen LogP contribution in [-0.2, 0) is 24.2 Å². The standard InChI is InChI=1S/C19H28N2O2/c1-19(9-3-2-7-17(19)22)13-21-18(23)11-14-5-4-6-15-12-20-10-8-16(14)15/h4-6,17,20,22H,2-3,7-13H2,1H3,(H,21,23). The van der Waals surface area contributed by atoms with Gasteiger partial charge in [-0.05, 0) is 42.5 Å². The maximum absolute atomic E-state index is 12.4. The van der Waals surface area contributed by atoms with Gasteiger partial charge in [-0.15, -0.1) is 0 Å². The Labute approximate surface area is 138 Å². The molecule has 1 aliphatic heterocycles. The molecule has 0 spiro atoms. The van der Waals surface area contributed by atoms with E-state index >= 15 is 0 Å². The zero-order valence-electron chi connectivity index (χ0n) is 14.0. The molecular weight excluding hydrogens is 288 g/mol. The number of carbonyl (C=O) groups is 1. The molecule has 0 saturated heterocycles. The summed E-state index contributed by atoms with van der Waals surface area (Å²) in [7, 11) is 0. The van der Waals surface area contributed by atoms with Gasteiger partial charge in [0.1, 0.15) is 0 Å². The van der Waals surface area contributed by atoms with Crippen LogP contribution in [0.3, 0.4) is 0 Å². The minimum atomic E-state index is -0.299. The summed E-state index contributed by atoms with van der Waals surface area (Å²) in [6.07, 6.45) is 5.21. The predicted octanol–water partition coefficient (Wildman–Crippen LogP) is 1.93. The Balaban J connectivity index is 1.60. The molecule has 0 bridgehead atoms. The predicted molar refractivity (Wildman–Crippen MR) is 91.1 cm³/mol. The Morgan fingerprint density at radius 3 is 3.13 bits per heavy atom. The molecule has 1 amide bonds. The largest absolute Gasteiger partial charge is 0.392 e. The van der Waals surface area contributed by atoms with Crippen LogP contribution in [0, 0.1) is 5.41 Å². The monoisotopic (exact) mass is 316 g/mol. The van der Waals surface area contributed by atoms with Crippen LogP contribution in [-0.4, -0.2) is 30.2 Å². The molecule has 4 heteroatoms. The van der Waals surface area contributed by atoms with Crippen molar-refractivity contribution in [3.05, 3.63) is 34.9 Å².